The molecule has 0 aliphatic heterocycles. The Labute approximate surface area is 50.1 Å². The van der Waals surface area contributed by atoms with Crippen LogP contribution in [0.2, 0.25) is 0 Å². The highest BCUT2D eigenvalue weighted by molar-refractivity contribution is 5.79. The Hall–Kier alpha value is -0.770. The molecule has 0 amide bonds. The fourth-order valence-corrected chi connectivity index (χ4v) is 0.769. The highest BCUT2D eigenvalue weighted by atomic mass is 16.1. The van der Waals surface area contributed by atoms with Gasteiger partial charge in [-0.15, -0.1) is 12.8 Å². The maximum absolute atomic E-state index is 10.2. The van der Waals surface area contributed by atoms with Crippen molar-refractivity contribution in [2.24, 2.45) is 0 Å². The van der Waals surface area contributed by atoms with E-state index in [0.717, 1.165) is 25.7 Å². The first-order chi connectivity index (χ1) is 3.89. The first-order valence-electron chi connectivity index (χ1n) is 2.74. The molecule has 0 N–H and O–H groups in total. The molecule has 1 aliphatic rings. The molecule has 1 aliphatic carbocycles. The Morgan fingerprint density at radius 3 is 1.62 bits per heavy atom. The number of ketones is 1. The molecule has 0 unspecified atom stereocenters. The molecule has 1 nitrogen and oxygen atoms in total. The third-order valence-electron chi connectivity index (χ3n) is 1.16. The maximum atomic E-state index is 10.2. The van der Waals surface area contributed by atoms with E-state index < -0.39 is 0 Å². The zero-order chi connectivity index (χ0) is 6.41. The van der Waals surface area contributed by atoms with Gasteiger partial charge in [0.05, 0.1) is 0 Å². The van der Waals surface area contributed by atoms with E-state index in [1.54, 1.807) is 0 Å². The minimum atomic E-state index is 0.454. The fraction of sp³-hybridized carbons (Fsp3) is 0.571. The number of hydrogen-bond donors (Lipinski definition) is 0. The Bertz CT molecular complexity index is 83.8. The molecule has 0 aromatic heterocycles. The van der Waals surface area contributed by atoms with Crippen LogP contribution in [-0.4, -0.2) is 5.78 Å². The lowest BCUT2D eigenvalue weighted by Crippen LogP contribution is -1.81. The van der Waals surface area contributed by atoms with Crippen molar-refractivity contribution in [3.05, 3.63) is 0 Å². The molecule has 44 valence electrons. The summed E-state index contributed by atoms with van der Waals surface area (Å²) < 4.78 is 0. The van der Waals surface area contributed by atoms with Crippen molar-refractivity contribution in [2.75, 3.05) is 0 Å². The molecular weight excluding hydrogens is 100 g/mol. The minimum Gasteiger partial charge on any atom is -0.300 e. The molecule has 0 heterocycles. The molecule has 0 radical (unpaired) electrons. The average molecular weight is 110 g/mol. The average Bonchev–Trinajstić information content (AvgIpc) is 2.24. The zero-order valence-electron chi connectivity index (χ0n) is 4.89. The molecule has 1 saturated carbocycles. The third kappa shape index (κ3) is 2.41. The van der Waals surface area contributed by atoms with Crippen LogP contribution in [0.3, 0.4) is 0 Å². The van der Waals surface area contributed by atoms with E-state index in [2.05, 4.69) is 12.8 Å². The Morgan fingerprint density at radius 2 is 1.50 bits per heavy atom. The van der Waals surface area contributed by atoms with E-state index in [4.69, 9.17) is 0 Å². The number of carbonyl (C=O) groups is 1. The van der Waals surface area contributed by atoms with Gasteiger partial charge in [0.15, 0.2) is 0 Å². The smallest absolute Gasteiger partial charge is 0.132 e. The summed E-state index contributed by atoms with van der Waals surface area (Å²) in [6, 6.07) is 0. The maximum Gasteiger partial charge on any atom is 0.132 e. The lowest BCUT2D eigenvalue weighted by molar-refractivity contribution is -0.117. The predicted molar refractivity (Wildman–Crippen MR) is 33.4 cm³/mol. The molecule has 1 rings (SSSR count). The van der Waals surface area contributed by atoms with Crippen molar-refractivity contribution in [3.8, 4) is 12.8 Å². The van der Waals surface area contributed by atoms with Gasteiger partial charge in [-0.25, -0.2) is 0 Å². The van der Waals surface area contributed by atoms with Gasteiger partial charge in [0.1, 0.15) is 5.78 Å². The zero-order valence-corrected chi connectivity index (χ0v) is 4.89. The van der Waals surface area contributed by atoms with Gasteiger partial charge in [-0.2, -0.15) is 0 Å². The minimum absolute atomic E-state index is 0.454. The van der Waals surface area contributed by atoms with Gasteiger partial charge in [-0.3, -0.25) is 4.79 Å². The quantitative estimate of drug-likeness (QED) is 0.430. The summed E-state index contributed by atoms with van der Waals surface area (Å²) in [6.07, 6.45) is 12.0. The number of Topliss-reactive ketones (excluding diaryl/α,β-unsaturated/α-hetero) is 1. The van der Waals surface area contributed by atoms with Gasteiger partial charge >= 0.3 is 0 Å². The summed E-state index contributed by atoms with van der Waals surface area (Å²) in [5, 5.41) is 0. The van der Waals surface area contributed by atoms with Crippen LogP contribution < -0.4 is 0 Å². The first kappa shape index (κ1) is 7.23. The van der Waals surface area contributed by atoms with Gasteiger partial charge in [0, 0.05) is 12.8 Å². The summed E-state index contributed by atoms with van der Waals surface area (Å²) in [6.45, 7) is 0. The summed E-state index contributed by atoms with van der Waals surface area (Å²) in [7, 11) is 0. The van der Waals surface area contributed by atoms with E-state index in [-0.39, 0.29) is 0 Å². The summed E-state index contributed by atoms with van der Waals surface area (Å²) in [5.41, 5.74) is 0. The summed E-state index contributed by atoms with van der Waals surface area (Å²) >= 11 is 0. The van der Waals surface area contributed by atoms with Crippen LogP contribution in [0.1, 0.15) is 25.7 Å². The lowest BCUT2D eigenvalue weighted by Gasteiger charge is -1.71. The van der Waals surface area contributed by atoms with Crippen LogP contribution in [-0.2, 0) is 4.79 Å². The normalized spacial score (nSPS) is 17.0. The van der Waals surface area contributed by atoms with E-state index in [0.29, 0.717) is 5.78 Å². The number of hydrogen-bond acceptors (Lipinski definition) is 1. The van der Waals surface area contributed by atoms with Crippen molar-refractivity contribution in [1.29, 1.82) is 0 Å². The van der Waals surface area contributed by atoms with Crippen molar-refractivity contribution >= 4 is 5.78 Å². The SMILES string of the molecule is C#C.O=C1CCCC1. The van der Waals surface area contributed by atoms with Crippen molar-refractivity contribution in [2.45, 2.75) is 25.7 Å². The highest BCUT2D eigenvalue weighted by Gasteiger charge is 2.07. The number of rotatable bonds is 0. The van der Waals surface area contributed by atoms with Gasteiger partial charge in [0.2, 0.25) is 0 Å². The van der Waals surface area contributed by atoms with Crippen LogP contribution in [0.15, 0.2) is 0 Å². The largest absolute Gasteiger partial charge is 0.300 e. The van der Waals surface area contributed by atoms with Crippen LogP contribution in [0.25, 0.3) is 0 Å². The molecule has 1 fully saturated rings. The van der Waals surface area contributed by atoms with Crippen LogP contribution in [0, 0.1) is 12.8 Å². The molecule has 0 spiro atoms. The summed E-state index contributed by atoms with van der Waals surface area (Å²) in [4.78, 5) is 10.2. The van der Waals surface area contributed by atoms with Crippen molar-refractivity contribution < 1.29 is 4.79 Å². The predicted octanol–water partition coefficient (Wildman–Crippen LogP) is 1.38. The molecule has 0 atom stereocenters. The Balaban J connectivity index is 0.000000222. The van der Waals surface area contributed by atoms with Crippen LogP contribution in [0.4, 0.5) is 0 Å². The summed E-state index contributed by atoms with van der Waals surface area (Å²) in [5.74, 6) is 0.454. The lowest BCUT2D eigenvalue weighted by atomic mass is 10.4. The molecule has 1 heteroatoms. The molecule has 0 aromatic rings. The van der Waals surface area contributed by atoms with Gasteiger partial charge in [0.25, 0.3) is 0 Å². The Morgan fingerprint density at radius 1 is 1.12 bits per heavy atom. The van der Waals surface area contributed by atoms with E-state index in [1.165, 1.54) is 0 Å². The van der Waals surface area contributed by atoms with E-state index >= 15 is 0 Å². The molecule has 8 heavy (non-hydrogen) atoms. The van der Waals surface area contributed by atoms with Crippen molar-refractivity contribution in [1.82, 2.24) is 0 Å². The van der Waals surface area contributed by atoms with Gasteiger partial charge in [-0.05, 0) is 12.8 Å². The molecule has 0 saturated heterocycles. The number of terminal acetylenes is 1. The van der Waals surface area contributed by atoms with E-state index in [9.17, 15) is 4.79 Å². The van der Waals surface area contributed by atoms with Crippen LogP contribution >= 0.6 is 0 Å². The Kier molecular flexibility index (Phi) is 3.97. The van der Waals surface area contributed by atoms with Gasteiger partial charge < -0.3 is 0 Å². The van der Waals surface area contributed by atoms with Gasteiger partial charge in [-0.1, -0.05) is 0 Å². The highest BCUT2D eigenvalue weighted by Crippen LogP contribution is 2.11. The first-order valence-corrected chi connectivity index (χ1v) is 2.74. The number of carbonyl (C=O) groups excluding carboxylic acids is 1. The molecule has 0 aromatic carbocycles. The fourth-order valence-electron chi connectivity index (χ4n) is 0.769. The monoisotopic (exact) mass is 110 g/mol. The second kappa shape index (κ2) is 4.39. The van der Waals surface area contributed by atoms with E-state index in [1.807, 2.05) is 0 Å². The third-order valence-corrected chi connectivity index (χ3v) is 1.16. The topological polar surface area (TPSA) is 17.1 Å². The standard InChI is InChI=1S/C5H8O.C2H2/c6-5-3-1-2-4-5;1-2/h1-4H2;1-2H. The molecular formula is C7H10O. The second-order valence-electron chi connectivity index (χ2n) is 1.75. The van der Waals surface area contributed by atoms with Crippen LogP contribution in [0.5, 0.6) is 0 Å². The van der Waals surface area contributed by atoms with Crippen molar-refractivity contribution in [3.63, 3.8) is 0 Å². The molecule has 0 bridgehead atoms. The second-order valence-corrected chi connectivity index (χ2v) is 1.75.